The smallest absolute Gasteiger partial charge is 0.269 e. The zero-order valence-corrected chi connectivity index (χ0v) is 14.6. The summed E-state index contributed by atoms with van der Waals surface area (Å²) in [4.78, 5) is 25.0. The van der Waals surface area contributed by atoms with Crippen molar-refractivity contribution in [2.75, 3.05) is 5.73 Å². The van der Waals surface area contributed by atoms with E-state index in [-0.39, 0.29) is 11.4 Å². The van der Waals surface area contributed by atoms with Crippen LogP contribution in [0.15, 0.2) is 42.9 Å². The van der Waals surface area contributed by atoms with Crippen LogP contribution in [0.25, 0.3) is 33.5 Å². The van der Waals surface area contributed by atoms with Gasteiger partial charge in [-0.05, 0) is 30.2 Å². The van der Waals surface area contributed by atoms with Gasteiger partial charge in [0.15, 0.2) is 11.5 Å². The Kier molecular flexibility index (Phi) is 4.00. The fraction of sp³-hybridized carbons (Fsp3) is 0.105. The normalized spacial score (nSPS) is 11.0. The first-order valence-electron chi connectivity index (χ1n) is 8.43. The van der Waals surface area contributed by atoms with Gasteiger partial charge < -0.3 is 11.5 Å². The average Bonchev–Trinajstić information content (AvgIpc) is 3.17. The number of carbonyl (C=O) groups excluding carboxylic acids is 1. The molecule has 1 amide bonds. The Hall–Kier alpha value is -3.81. The van der Waals surface area contributed by atoms with Crippen molar-refractivity contribution >= 4 is 22.5 Å². The number of nitrogens with zero attached hydrogens (tertiary/aromatic N) is 4. The van der Waals surface area contributed by atoms with Crippen LogP contribution in [0.1, 0.15) is 23.0 Å². The Labute approximate surface area is 154 Å². The van der Waals surface area contributed by atoms with E-state index in [0.717, 1.165) is 28.5 Å². The number of nitrogens with two attached hydrogens (primary N) is 2. The van der Waals surface area contributed by atoms with Gasteiger partial charge in [-0.15, -0.1) is 0 Å². The molecule has 8 nitrogen and oxygen atoms in total. The molecule has 3 aromatic heterocycles. The third-order valence-corrected chi connectivity index (χ3v) is 4.43. The monoisotopic (exact) mass is 359 g/mol. The molecule has 4 aromatic rings. The predicted molar refractivity (Wildman–Crippen MR) is 103 cm³/mol. The van der Waals surface area contributed by atoms with Crippen molar-refractivity contribution in [3.05, 3.63) is 54.1 Å². The predicted octanol–water partition coefficient (Wildman–Crippen LogP) is 2.33. The van der Waals surface area contributed by atoms with E-state index in [1.165, 1.54) is 0 Å². The largest absolute Gasteiger partial charge is 0.395 e. The first-order valence-corrected chi connectivity index (χ1v) is 8.43. The van der Waals surface area contributed by atoms with Gasteiger partial charge in [-0.1, -0.05) is 13.0 Å². The van der Waals surface area contributed by atoms with Crippen LogP contribution in [0.5, 0.6) is 0 Å². The van der Waals surface area contributed by atoms with E-state index in [1.807, 2.05) is 25.1 Å². The lowest BCUT2D eigenvalue weighted by Crippen LogP contribution is -2.18. The fourth-order valence-electron chi connectivity index (χ4n) is 3.11. The molecule has 0 radical (unpaired) electrons. The Morgan fingerprint density at radius 2 is 2.04 bits per heavy atom. The molecule has 0 fully saturated rings. The highest BCUT2D eigenvalue weighted by Crippen LogP contribution is 2.36. The Balaban J connectivity index is 2.08. The zero-order chi connectivity index (χ0) is 19.0. The lowest BCUT2D eigenvalue weighted by molar-refractivity contribution is 0.0996. The molecule has 0 bridgehead atoms. The van der Waals surface area contributed by atoms with Crippen LogP contribution in [0, 0.1) is 0 Å². The third kappa shape index (κ3) is 2.77. The summed E-state index contributed by atoms with van der Waals surface area (Å²) in [6.45, 7) is 2.04. The van der Waals surface area contributed by atoms with Gasteiger partial charge in [0.05, 0.1) is 23.1 Å². The number of aromatic nitrogens is 5. The van der Waals surface area contributed by atoms with Gasteiger partial charge in [-0.25, -0.2) is 9.97 Å². The lowest BCUT2D eigenvalue weighted by Gasteiger charge is -2.14. The molecule has 0 atom stereocenters. The van der Waals surface area contributed by atoms with Crippen LogP contribution in [-0.2, 0) is 6.42 Å². The molecule has 0 spiro atoms. The maximum atomic E-state index is 12.0. The lowest BCUT2D eigenvalue weighted by atomic mass is 9.96. The highest BCUT2D eigenvalue weighted by atomic mass is 16.1. The summed E-state index contributed by atoms with van der Waals surface area (Å²) in [5, 5.41) is 7.94. The van der Waals surface area contributed by atoms with Crippen LogP contribution in [0.2, 0.25) is 0 Å². The number of amides is 1. The number of fused-ring (bicyclic) bond motifs is 1. The Morgan fingerprint density at radius 1 is 1.19 bits per heavy atom. The van der Waals surface area contributed by atoms with Crippen molar-refractivity contribution in [2.45, 2.75) is 13.3 Å². The van der Waals surface area contributed by atoms with Gasteiger partial charge >= 0.3 is 0 Å². The van der Waals surface area contributed by atoms with E-state index in [1.54, 1.807) is 24.7 Å². The number of nitrogen functional groups attached to an aromatic ring is 1. The third-order valence-electron chi connectivity index (χ3n) is 4.43. The number of hydrogen-bond acceptors (Lipinski definition) is 6. The summed E-state index contributed by atoms with van der Waals surface area (Å²) >= 11 is 0. The van der Waals surface area contributed by atoms with Crippen LogP contribution in [0.3, 0.4) is 0 Å². The van der Waals surface area contributed by atoms with E-state index < -0.39 is 5.91 Å². The minimum Gasteiger partial charge on any atom is -0.395 e. The summed E-state index contributed by atoms with van der Waals surface area (Å²) in [6.07, 6.45) is 5.75. The van der Waals surface area contributed by atoms with Crippen molar-refractivity contribution in [1.82, 2.24) is 25.1 Å². The van der Waals surface area contributed by atoms with E-state index >= 15 is 0 Å². The summed E-state index contributed by atoms with van der Waals surface area (Å²) < 4.78 is 0. The summed E-state index contributed by atoms with van der Waals surface area (Å²) in [7, 11) is 0. The molecule has 27 heavy (non-hydrogen) atoms. The number of benzene rings is 1. The molecule has 1 aromatic carbocycles. The molecule has 0 saturated carbocycles. The summed E-state index contributed by atoms with van der Waals surface area (Å²) in [5.74, 6) is -0.373. The highest BCUT2D eigenvalue weighted by Gasteiger charge is 2.21. The molecule has 4 rings (SSSR count). The van der Waals surface area contributed by atoms with Gasteiger partial charge in [-0.3, -0.25) is 14.9 Å². The number of nitrogens with one attached hydrogen (secondary N) is 1. The second kappa shape index (κ2) is 6.49. The van der Waals surface area contributed by atoms with Crippen LogP contribution >= 0.6 is 0 Å². The van der Waals surface area contributed by atoms with E-state index in [4.69, 9.17) is 11.5 Å². The second-order valence-corrected chi connectivity index (χ2v) is 6.05. The van der Waals surface area contributed by atoms with Crippen LogP contribution in [0.4, 0.5) is 5.69 Å². The van der Waals surface area contributed by atoms with Crippen molar-refractivity contribution in [3.63, 3.8) is 0 Å². The topological polar surface area (TPSA) is 136 Å². The number of hydrogen-bond donors (Lipinski definition) is 3. The minimum absolute atomic E-state index is 0.0126. The molecule has 8 heteroatoms. The number of anilines is 1. The van der Waals surface area contributed by atoms with Crippen LogP contribution in [-0.4, -0.2) is 31.1 Å². The van der Waals surface area contributed by atoms with Gasteiger partial charge in [0, 0.05) is 28.9 Å². The van der Waals surface area contributed by atoms with Gasteiger partial charge in [0.2, 0.25) is 0 Å². The average molecular weight is 359 g/mol. The van der Waals surface area contributed by atoms with Crippen molar-refractivity contribution in [1.29, 1.82) is 0 Å². The van der Waals surface area contributed by atoms with Crippen molar-refractivity contribution in [3.8, 4) is 22.6 Å². The molecule has 0 saturated heterocycles. The molecule has 134 valence electrons. The summed E-state index contributed by atoms with van der Waals surface area (Å²) in [5.41, 5.74) is 15.8. The SMILES string of the molecule is CCc1ccc2[nH]ncc2c1-c1nc(-c2cccnc2)nc(C(N)=O)c1N. The van der Waals surface area contributed by atoms with Gasteiger partial charge in [0.1, 0.15) is 0 Å². The van der Waals surface area contributed by atoms with Gasteiger partial charge in [-0.2, -0.15) is 5.10 Å². The number of H-pyrrole nitrogens is 1. The molecule has 0 aliphatic heterocycles. The molecular formula is C19H17N7O. The first-order chi connectivity index (χ1) is 13.1. The molecule has 5 N–H and O–H groups in total. The molecular weight excluding hydrogens is 342 g/mol. The van der Waals surface area contributed by atoms with Crippen molar-refractivity contribution < 1.29 is 4.79 Å². The summed E-state index contributed by atoms with van der Waals surface area (Å²) in [6, 6.07) is 7.53. The first kappa shape index (κ1) is 16.6. The van der Waals surface area contributed by atoms with Crippen molar-refractivity contribution in [2.24, 2.45) is 5.73 Å². The number of carbonyl (C=O) groups is 1. The van der Waals surface area contributed by atoms with Crippen LogP contribution < -0.4 is 11.5 Å². The maximum absolute atomic E-state index is 12.0. The Bertz CT molecular complexity index is 1150. The number of aromatic amines is 1. The standard InChI is InChI=1S/C19H17N7O/c1-2-10-5-6-13-12(9-23-26-13)14(10)16-15(20)17(18(21)27)25-19(24-16)11-4-3-7-22-8-11/h3-9H,2,20H2,1H3,(H2,21,27)(H,23,26). The molecule has 0 aliphatic carbocycles. The Morgan fingerprint density at radius 3 is 2.74 bits per heavy atom. The van der Waals surface area contributed by atoms with Gasteiger partial charge in [0.25, 0.3) is 5.91 Å². The van der Waals surface area contributed by atoms with E-state index in [9.17, 15) is 4.79 Å². The maximum Gasteiger partial charge on any atom is 0.269 e. The number of rotatable bonds is 4. The number of aryl methyl sites for hydroxylation is 1. The number of pyridine rings is 1. The molecule has 0 aliphatic rings. The second-order valence-electron chi connectivity index (χ2n) is 6.05. The minimum atomic E-state index is -0.710. The zero-order valence-electron chi connectivity index (χ0n) is 14.6. The number of primary amides is 1. The molecule has 3 heterocycles. The van der Waals surface area contributed by atoms with E-state index in [0.29, 0.717) is 17.1 Å². The van der Waals surface area contributed by atoms with E-state index in [2.05, 4.69) is 25.1 Å². The fourth-order valence-corrected chi connectivity index (χ4v) is 3.11. The highest BCUT2D eigenvalue weighted by molar-refractivity contribution is 6.04. The quantitative estimate of drug-likeness (QED) is 0.511. The molecule has 0 unspecified atom stereocenters.